The van der Waals surface area contributed by atoms with Crippen molar-refractivity contribution in [2.24, 2.45) is 0 Å². The highest BCUT2D eigenvalue weighted by Gasteiger charge is 2.11. The molecule has 0 atom stereocenters. The number of halogens is 1. The molecule has 1 heterocycles. The quantitative estimate of drug-likeness (QED) is 0.803. The maximum atomic E-state index is 11.9. The van der Waals surface area contributed by atoms with Gasteiger partial charge in [-0.25, -0.2) is 0 Å². The number of thiophene rings is 1. The molecule has 3 nitrogen and oxygen atoms in total. The lowest BCUT2D eigenvalue weighted by Crippen LogP contribution is -2.33. The molecule has 1 aromatic heterocycles. The molecule has 102 valence electrons. The molecule has 1 N–H and O–H groups in total. The predicted octanol–water partition coefficient (Wildman–Crippen LogP) is 2.87. The van der Waals surface area contributed by atoms with Gasteiger partial charge in [0.1, 0.15) is 0 Å². The summed E-state index contributed by atoms with van der Waals surface area (Å²) >= 11 is 9.00. The van der Waals surface area contributed by atoms with Crippen molar-refractivity contribution in [3.8, 4) is 0 Å². The fourth-order valence-corrected chi connectivity index (χ4v) is 3.61. The van der Waals surface area contributed by atoms with Crippen molar-refractivity contribution in [3.05, 3.63) is 21.3 Å². The summed E-state index contributed by atoms with van der Waals surface area (Å²) in [6.07, 6.45) is 0.644. The van der Waals surface area contributed by atoms with E-state index in [4.69, 9.17) is 16.7 Å². The highest BCUT2D eigenvalue weighted by Crippen LogP contribution is 2.25. The van der Waals surface area contributed by atoms with Gasteiger partial charge >= 0.3 is 0 Å². The molecule has 18 heavy (non-hydrogen) atoms. The van der Waals surface area contributed by atoms with Crippen LogP contribution in [0.4, 0.5) is 0 Å². The maximum absolute atomic E-state index is 11.9. The second kappa shape index (κ2) is 8.80. The van der Waals surface area contributed by atoms with Crippen LogP contribution in [0.2, 0.25) is 4.34 Å². The molecule has 0 aromatic carbocycles. The zero-order chi connectivity index (χ0) is 13.4. The number of aliphatic hydroxyl groups is 1. The lowest BCUT2D eigenvalue weighted by molar-refractivity contribution is -0.128. The van der Waals surface area contributed by atoms with Gasteiger partial charge in [-0.15, -0.1) is 23.1 Å². The summed E-state index contributed by atoms with van der Waals surface area (Å²) in [6, 6.07) is 3.87. The Kier molecular flexibility index (Phi) is 7.74. The van der Waals surface area contributed by atoms with E-state index in [9.17, 15) is 4.79 Å². The first kappa shape index (κ1) is 15.8. The van der Waals surface area contributed by atoms with Gasteiger partial charge in [-0.1, -0.05) is 11.6 Å². The summed E-state index contributed by atoms with van der Waals surface area (Å²) in [6.45, 7) is 3.42. The molecule has 0 spiro atoms. The van der Waals surface area contributed by atoms with Crippen molar-refractivity contribution in [3.63, 3.8) is 0 Å². The van der Waals surface area contributed by atoms with Crippen LogP contribution in [0.3, 0.4) is 0 Å². The molecule has 0 aliphatic rings. The molecule has 0 saturated carbocycles. The molecule has 0 bridgehead atoms. The average Bonchev–Trinajstić information content (AvgIpc) is 2.76. The smallest absolute Gasteiger partial charge is 0.232 e. The Bertz CT molecular complexity index is 371. The lowest BCUT2D eigenvalue weighted by atomic mass is 10.4. The number of aliphatic hydroxyl groups excluding tert-OH is 1. The maximum Gasteiger partial charge on any atom is 0.232 e. The largest absolute Gasteiger partial charge is 0.396 e. The fourth-order valence-electron chi connectivity index (χ4n) is 1.48. The van der Waals surface area contributed by atoms with Gasteiger partial charge in [0, 0.05) is 30.3 Å². The molecule has 0 fully saturated rings. The summed E-state index contributed by atoms with van der Waals surface area (Å²) in [4.78, 5) is 14.8. The summed E-state index contributed by atoms with van der Waals surface area (Å²) in [5, 5.41) is 8.77. The fraction of sp³-hybridized carbons (Fsp3) is 0.583. The van der Waals surface area contributed by atoms with Gasteiger partial charge in [-0.3, -0.25) is 4.79 Å². The monoisotopic (exact) mass is 307 g/mol. The molecule has 0 saturated heterocycles. The van der Waals surface area contributed by atoms with Gasteiger partial charge in [-0.05, 0) is 25.5 Å². The van der Waals surface area contributed by atoms with Crippen LogP contribution in [0.1, 0.15) is 18.2 Å². The van der Waals surface area contributed by atoms with Gasteiger partial charge in [0.05, 0.1) is 10.1 Å². The standard InChI is InChI=1S/C12H18ClNO2S2/c1-2-14(6-3-7-15)12(16)9-17-8-10-4-5-11(13)18-10/h4-5,15H,2-3,6-9H2,1H3. The molecule has 1 amide bonds. The first-order valence-electron chi connectivity index (χ1n) is 5.88. The number of nitrogens with zero attached hydrogens (tertiary/aromatic N) is 1. The van der Waals surface area contributed by atoms with Crippen LogP contribution in [0.25, 0.3) is 0 Å². The zero-order valence-electron chi connectivity index (χ0n) is 10.4. The van der Waals surface area contributed by atoms with Gasteiger partial charge in [0.15, 0.2) is 0 Å². The summed E-state index contributed by atoms with van der Waals surface area (Å²) in [5.74, 6) is 1.44. The molecule has 0 unspecified atom stereocenters. The van der Waals surface area contributed by atoms with Crippen molar-refractivity contribution in [2.45, 2.75) is 19.1 Å². The van der Waals surface area contributed by atoms with Crippen molar-refractivity contribution in [2.75, 3.05) is 25.4 Å². The summed E-state index contributed by atoms with van der Waals surface area (Å²) < 4.78 is 0.787. The number of carbonyl (C=O) groups excluding carboxylic acids is 1. The number of hydrogen-bond acceptors (Lipinski definition) is 4. The third kappa shape index (κ3) is 5.61. The minimum Gasteiger partial charge on any atom is -0.396 e. The molecular weight excluding hydrogens is 290 g/mol. The van der Waals surface area contributed by atoms with Crippen molar-refractivity contribution < 1.29 is 9.90 Å². The van der Waals surface area contributed by atoms with Gasteiger partial charge in [0.25, 0.3) is 0 Å². The lowest BCUT2D eigenvalue weighted by Gasteiger charge is -2.20. The summed E-state index contributed by atoms with van der Waals surface area (Å²) in [7, 11) is 0. The Morgan fingerprint density at radius 2 is 2.33 bits per heavy atom. The first-order valence-corrected chi connectivity index (χ1v) is 8.23. The van der Waals surface area contributed by atoms with Crippen LogP contribution in [0, 0.1) is 0 Å². The molecule has 1 aromatic rings. The second-order valence-electron chi connectivity index (χ2n) is 3.75. The molecule has 0 aliphatic carbocycles. The third-order valence-corrected chi connectivity index (χ3v) is 4.80. The summed E-state index contributed by atoms with van der Waals surface area (Å²) in [5.41, 5.74) is 0. The first-order chi connectivity index (χ1) is 8.67. The Hall–Kier alpha value is -0.230. The van der Waals surface area contributed by atoms with E-state index in [1.54, 1.807) is 28.0 Å². The van der Waals surface area contributed by atoms with Gasteiger partial charge in [-0.2, -0.15) is 0 Å². The molecular formula is C12H18ClNO2S2. The topological polar surface area (TPSA) is 40.5 Å². The van der Waals surface area contributed by atoms with E-state index in [-0.39, 0.29) is 12.5 Å². The zero-order valence-corrected chi connectivity index (χ0v) is 12.8. The van der Waals surface area contributed by atoms with Gasteiger partial charge in [0.2, 0.25) is 5.91 Å². The molecule has 1 rings (SSSR count). The molecule has 0 aliphatic heterocycles. The van der Waals surface area contributed by atoms with E-state index < -0.39 is 0 Å². The van der Waals surface area contributed by atoms with Crippen LogP contribution < -0.4 is 0 Å². The Labute approximate surface area is 121 Å². The predicted molar refractivity (Wildman–Crippen MR) is 79.4 cm³/mol. The number of hydrogen-bond donors (Lipinski definition) is 1. The van der Waals surface area contributed by atoms with E-state index in [2.05, 4.69) is 0 Å². The van der Waals surface area contributed by atoms with Crippen LogP contribution in [-0.4, -0.2) is 41.4 Å². The van der Waals surface area contributed by atoms with E-state index in [1.165, 1.54) is 4.88 Å². The van der Waals surface area contributed by atoms with E-state index >= 15 is 0 Å². The Morgan fingerprint density at radius 3 is 2.89 bits per heavy atom. The highest BCUT2D eigenvalue weighted by atomic mass is 35.5. The van der Waals surface area contributed by atoms with Gasteiger partial charge < -0.3 is 10.0 Å². The third-order valence-electron chi connectivity index (χ3n) is 2.42. The average molecular weight is 308 g/mol. The Morgan fingerprint density at radius 1 is 1.56 bits per heavy atom. The van der Waals surface area contributed by atoms with Crippen LogP contribution in [0.5, 0.6) is 0 Å². The number of thioether (sulfide) groups is 1. The SMILES string of the molecule is CCN(CCCO)C(=O)CSCc1ccc(Cl)s1. The molecule has 0 radical (unpaired) electrons. The van der Waals surface area contributed by atoms with Crippen molar-refractivity contribution in [1.82, 2.24) is 4.90 Å². The van der Waals surface area contributed by atoms with E-state index in [1.807, 2.05) is 19.1 Å². The Balaban J connectivity index is 2.26. The number of amides is 1. The van der Waals surface area contributed by atoms with Crippen LogP contribution >= 0.6 is 34.7 Å². The van der Waals surface area contributed by atoms with Crippen LogP contribution in [0.15, 0.2) is 12.1 Å². The normalized spacial score (nSPS) is 10.6. The minimum atomic E-state index is 0.130. The minimum absolute atomic E-state index is 0.130. The van der Waals surface area contributed by atoms with Crippen LogP contribution in [-0.2, 0) is 10.5 Å². The highest BCUT2D eigenvalue weighted by molar-refractivity contribution is 7.99. The van der Waals surface area contributed by atoms with Crippen molar-refractivity contribution >= 4 is 40.6 Å². The molecule has 6 heteroatoms. The van der Waals surface area contributed by atoms with E-state index in [0.29, 0.717) is 25.3 Å². The second-order valence-corrected chi connectivity index (χ2v) is 6.53. The number of carbonyl (C=O) groups is 1. The van der Waals surface area contributed by atoms with Crippen molar-refractivity contribution in [1.29, 1.82) is 0 Å². The van der Waals surface area contributed by atoms with E-state index in [0.717, 1.165) is 10.1 Å². The number of rotatable bonds is 8.